The van der Waals surface area contributed by atoms with Crippen molar-refractivity contribution in [2.45, 2.75) is 32.2 Å². The highest BCUT2D eigenvalue weighted by Crippen LogP contribution is 2.23. The third-order valence-electron chi connectivity index (χ3n) is 4.99. The topological polar surface area (TPSA) is 94.6 Å². The Morgan fingerprint density at radius 1 is 1.12 bits per heavy atom. The van der Waals surface area contributed by atoms with Crippen LogP contribution in [0.25, 0.3) is 22.2 Å². The molecular weight excluding hydrogens is 408 g/mol. The summed E-state index contributed by atoms with van der Waals surface area (Å²) < 4.78 is 29.7. The lowest BCUT2D eigenvalue weighted by Gasteiger charge is -2.13. The number of hydrogen-bond acceptors (Lipinski definition) is 5. The molecule has 0 amide bonds. The van der Waals surface area contributed by atoms with Gasteiger partial charge in [-0.3, -0.25) is 14.2 Å². The SMILES string of the molecule is [2H]C([2H])(c1ccccc1OCCCCCC(=O)O)n1cnc2cc(-c3ccco3)ccc2c1=O. The number of carbonyl (C=O) groups is 1. The summed E-state index contributed by atoms with van der Waals surface area (Å²) in [5, 5.41) is 9.01. The van der Waals surface area contributed by atoms with E-state index >= 15 is 0 Å². The van der Waals surface area contributed by atoms with E-state index in [1.165, 1.54) is 6.33 Å². The van der Waals surface area contributed by atoms with E-state index in [2.05, 4.69) is 4.98 Å². The maximum Gasteiger partial charge on any atom is 0.303 e. The smallest absolute Gasteiger partial charge is 0.303 e. The van der Waals surface area contributed by atoms with Crippen molar-refractivity contribution in [1.29, 1.82) is 0 Å². The molecule has 0 fully saturated rings. The molecule has 4 rings (SSSR count). The van der Waals surface area contributed by atoms with Crippen LogP contribution in [0.1, 0.15) is 34.0 Å². The van der Waals surface area contributed by atoms with Gasteiger partial charge >= 0.3 is 5.97 Å². The van der Waals surface area contributed by atoms with Crippen LogP contribution >= 0.6 is 0 Å². The number of benzene rings is 2. The first-order valence-electron chi connectivity index (χ1n) is 11.4. The Morgan fingerprint density at radius 2 is 2.00 bits per heavy atom. The van der Waals surface area contributed by atoms with Crippen LogP contribution in [0.2, 0.25) is 0 Å². The van der Waals surface area contributed by atoms with E-state index in [4.69, 9.17) is 17.0 Å². The Kier molecular flexibility index (Phi) is 5.87. The first-order chi connectivity index (χ1) is 16.4. The van der Waals surface area contributed by atoms with E-state index in [1.54, 1.807) is 54.8 Å². The van der Waals surface area contributed by atoms with Crippen LogP contribution in [0.3, 0.4) is 0 Å². The number of furan rings is 1. The minimum Gasteiger partial charge on any atom is -0.493 e. The maximum absolute atomic E-state index is 13.2. The van der Waals surface area contributed by atoms with Crippen LogP contribution in [0.4, 0.5) is 0 Å². The van der Waals surface area contributed by atoms with Crippen molar-refractivity contribution >= 4 is 16.9 Å². The molecule has 0 unspecified atom stereocenters. The van der Waals surface area contributed by atoms with Crippen molar-refractivity contribution < 1.29 is 21.8 Å². The van der Waals surface area contributed by atoms with E-state index < -0.39 is 18.0 Å². The molecule has 0 atom stereocenters. The fourth-order valence-corrected chi connectivity index (χ4v) is 3.35. The van der Waals surface area contributed by atoms with Crippen LogP contribution in [0.5, 0.6) is 5.75 Å². The van der Waals surface area contributed by atoms with Crippen molar-refractivity contribution in [3.63, 3.8) is 0 Å². The average molecular weight is 434 g/mol. The van der Waals surface area contributed by atoms with E-state index in [1.807, 2.05) is 6.07 Å². The van der Waals surface area contributed by atoms with Crippen molar-refractivity contribution in [3.8, 4) is 17.1 Å². The molecule has 2 aromatic heterocycles. The van der Waals surface area contributed by atoms with Gasteiger partial charge in [-0.2, -0.15) is 0 Å². The standard InChI is InChI=1S/C25H24N2O5/c28-24(29)10-2-1-5-13-31-23-8-4-3-7-19(23)16-27-17-26-21-15-18(22-9-6-14-32-22)11-12-20(21)25(27)30/h3-4,6-9,11-12,14-15,17H,1-2,5,10,13,16H2,(H,28,29)/i16D2. The number of carboxylic acid groups (broad SMARTS) is 1. The first-order valence-corrected chi connectivity index (χ1v) is 10.4. The summed E-state index contributed by atoms with van der Waals surface area (Å²) in [5.41, 5.74) is 0.907. The normalized spacial score (nSPS) is 12.4. The van der Waals surface area contributed by atoms with Gasteiger partial charge in [-0.15, -0.1) is 0 Å². The summed E-state index contributed by atoms with van der Waals surface area (Å²) in [6.45, 7) is -1.90. The zero-order valence-electron chi connectivity index (χ0n) is 19.4. The van der Waals surface area contributed by atoms with Gasteiger partial charge in [0, 0.05) is 17.5 Å². The van der Waals surface area contributed by atoms with Crippen molar-refractivity contribution in [3.05, 3.63) is 83.1 Å². The summed E-state index contributed by atoms with van der Waals surface area (Å²) in [6, 6.07) is 15.3. The Bertz CT molecular complexity index is 1350. The van der Waals surface area contributed by atoms with Crippen molar-refractivity contribution in [2.24, 2.45) is 0 Å². The third-order valence-corrected chi connectivity index (χ3v) is 4.99. The summed E-state index contributed by atoms with van der Waals surface area (Å²) >= 11 is 0. The number of fused-ring (bicyclic) bond motifs is 1. The van der Waals surface area contributed by atoms with Crippen LogP contribution in [0, 0.1) is 0 Å². The van der Waals surface area contributed by atoms with Gasteiger partial charge in [-0.05, 0) is 49.6 Å². The Labute approximate surface area is 187 Å². The van der Waals surface area contributed by atoms with Gasteiger partial charge in [0.1, 0.15) is 11.5 Å². The van der Waals surface area contributed by atoms with Crippen molar-refractivity contribution in [1.82, 2.24) is 9.55 Å². The second-order valence-electron chi connectivity index (χ2n) is 7.29. The zero-order valence-corrected chi connectivity index (χ0v) is 17.4. The first kappa shape index (κ1) is 18.9. The molecule has 7 heteroatoms. The predicted octanol–water partition coefficient (Wildman–Crippen LogP) is 4.73. The molecule has 2 aromatic carbocycles. The van der Waals surface area contributed by atoms with Gasteiger partial charge in [0.05, 0.1) is 39.3 Å². The molecule has 0 aliphatic heterocycles. The second-order valence-corrected chi connectivity index (χ2v) is 7.29. The molecule has 0 radical (unpaired) electrons. The number of aliphatic carboxylic acids is 1. The molecule has 0 aliphatic carbocycles. The lowest BCUT2D eigenvalue weighted by atomic mass is 10.1. The van der Waals surface area contributed by atoms with Crippen LogP contribution in [-0.2, 0) is 11.3 Å². The minimum absolute atomic E-state index is 0.111. The van der Waals surface area contributed by atoms with Crippen LogP contribution in [-0.4, -0.2) is 27.2 Å². The molecule has 164 valence electrons. The molecule has 0 aliphatic rings. The largest absolute Gasteiger partial charge is 0.493 e. The number of ether oxygens (including phenoxy) is 1. The number of hydrogen-bond donors (Lipinski definition) is 1. The summed E-state index contributed by atoms with van der Waals surface area (Å²) in [6.07, 6.45) is 4.77. The minimum atomic E-state index is -2.21. The fraction of sp³-hybridized carbons (Fsp3) is 0.240. The molecule has 1 N–H and O–H groups in total. The Morgan fingerprint density at radius 3 is 2.81 bits per heavy atom. The third kappa shape index (κ3) is 5.06. The zero-order chi connectivity index (χ0) is 24.1. The predicted molar refractivity (Wildman–Crippen MR) is 121 cm³/mol. The summed E-state index contributed by atoms with van der Waals surface area (Å²) in [5.74, 6) is 0.147. The number of nitrogens with zero attached hydrogens (tertiary/aromatic N) is 2. The molecule has 32 heavy (non-hydrogen) atoms. The monoisotopic (exact) mass is 434 g/mol. The highest BCUT2D eigenvalue weighted by atomic mass is 16.5. The summed E-state index contributed by atoms with van der Waals surface area (Å²) in [7, 11) is 0. The number of para-hydroxylation sites is 1. The molecule has 0 saturated heterocycles. The molecule has 0 spiro atoms. The van der Waals surface area contributed by atoms with E-state index in [0.29, 0.717) is 48.3 Å². The lowest BCUT2D eigenvalue weighted by molar-refractivity contribution is -0.137. The average Bonchev–Trinajstić information content (AvgIpc) is 3.36. The number of unbranched alkanes of at least 4 members (excludes halogenated alkanes) is 2. The lowest BCUT2D eigenvalue weighted by Crippen LogP contribution is -2.21. The Balaban J connectivity index is 1.58. The summed E-state index contributed by atoms with van der Waals surface area (Å²) in [4.78, 5) is 28.2. The van der Waals surface area contributed by atoms with Gasteiger partial charge in [0.2, 0.25) is 0 Å². The van der Waals surface area contributed by atoms with Crippen LogP contribution < -0.4 is 10.3 Å². The van der Waals surface area contributed by atoms with E-state index in [0.717, 1.165) is 10.1 Å². The van der Waals surface area contributed by atoms with E-state index in [-0.39, 0.29) is 12.0 Å². The number of rotatable bonds is 10. The molecule has 4 aromatic rings. The molecule has 7 nitrogen and oxygen atoms in total. The van der Waals surface area contributed by atoms with Gasteiger partial charge in [-0.1, -0.05) is 24.3 Å². The van der Waals surface area contributed by atoms with Crippen molar-refractivity contribution in [2.75, 3.05) is 6.61 Å². The maximum atomic E-state index is 13.2. The van der Waals surface area contributed by atoms with E-state index in [9.17, 15) is 9.59 Å². The van der Waals surface area contributed by atoms with Gasteiger partial charge in [0.25, 0.3) is 5.56 Å². The van der Waals surface area contributed by atoms with Gasteiger partial charge < -0.3 is 14.3 Å². The molecular formula is C25H24N2O5. The number of carboxylic acids is 1. The molecule has 0 saturated carbocycles. The molecule has 0 bridgehead atoms. The van der Waals surface area contributed by atoms with Crippen LogP contribution in [0.15, 0.2) is 76.4 Å². The van der Waals surface area contributed by atoms with Gasteiger partial charge in [0.15, 0.2) is 0 Å². The molecule has 2 heterocycles. The number of aromatic nitrogens is 2. The Hall–Kier alpha value is -3.87. The second kappa shape index (κ2) is 9.96. The van der Waals surface area contributed by atoms with Gasteiger partial charge in [-0.25, -0.2) is 4.98 Å². The fourth-order valence-electron chi connectivity index (χ4n) is 3.35. The highest BCUT2D eigenvalue weighted by molar-refractivity contribution is 5.82. The highest BCUT2D eigenvalue weighted by Gasteiger charge is 2.10. The quantitative estimate of drug-likeness (QED) is 0.363.